The first kappa shape index (κ1) is 17.6. The molecule has 1 N–H and O–H groups in total. The zero-order valence-electron chi connectivity index (χ0n) is 11.6. The summed E-state index contributed by atoms with van der Waals surface area (Å²) in [5.74, 6) is 0.0412. The quantitative estimate of drug-likeness (QED) is 0.832. The van der Waals surface area contributed by atoms with E-state index in [2.05, 4.69) is 9.82 Å². The van der Waals surface area contributed by atoms with Crippen LogP contribution in [-0.4, -0.2) is 24.7 Å². The van der Waals surface area contributed by atoms with Gasteiger partial charge in [-0.15, -0.1) is 0 Å². The van der Waals surface area contributed by atoms with E-state index in [9.17, 15) is 8.42 Å². The molecule has 0 saturated carbocycles. The predicted molar refractivity (Wildman–Crippen MR) is 88.1 cm³/mol. The lowest BCUT2D eigenvalue weighted by Crippen LogP contribution is -2.30. The third-order valence-corrected chi connectivity index (χ3v) is 5.47. The van der Waals surface area contributed by atoms with Crippen LogP contribution in [0.4, 0.5) is 0 Å². The number of aromatic nitrogens is 2. The number of nitrogens with zero attached hydrogens (tertiary/aromatic N) is 2. The van der Waals surface area contributed by atoms with Crippen molar-refractivity contribution in [2.24, 2.45) is 5.92 Å². The first-order valence-corrected chi connectivity index (χ1v) is 9.03. The fraction of sp³-hybridized carbons (Fsp3) is 0.308. The van der Waals surface area contributed by atoms with Crippen LogP contribution in [0.3, 0.4) is 0 Å². The number of hydrogen-bond donors (Lipinski definition) is 1. The minimum atomic E-state index is -3.81. The van der Waals surface area contributed by atoms with Gasteiger partial charge in [0.1, 0.15) is 4.90 Å². The average Bonchev–Trinajstić information content (AvgIpc) is 2.87. The lowest BCUT2D eigenvalue weighted by Gasteiger charge is -2.14. The second kappa shape index (κ2) is 7.19. The lowest BCUT2D eigenvalue weighted by molar-refractivity contribution is 0.443. The zero-order chi connectivity index (χ0) is 16.3. The van der Waals surface area contributed by atoms with Crippen LogP contribution in [0.5, 0.6) is 0 Å². The zero-order valence-corrected chi connectivity index (χ0v) is 14.7. The number of halogens is 3. The standard InChI is InChI=1S/C13H14Cl3N3O2S/c1-9(8-19-4-2-3-17-19)7-18-22(20,21)13-11(15)5-10(14)6-12(13)16/h2-6,9,18H,7-8H2,1H3. The largest absolute Gasteiger partial charge is 0.272 e. The molecule has 1 unspecified atom stereocenters. The van der Waals surface area contributed by atoms with Gasteiger partial charge in [0.15, 0.2) is 0 Å². The Balaban J connectivity index is 2.08. The summed E-state index contributed by atoms with van der Waals surface area (Å²) in [5.41, 5.74) is 0. The molecule has 2 aromatic rings. The van der Waals surface area contributed by atoms with Gasteiger partial charge in [-0.3, -0.25) is 4.68 Å². The van der Waals surface area contributed by atoms with Crippen LogP contribution in [0.2, 0.25) is 15.1 Å². The monoisotopic (exact) mass is 381 g/mol. The van der Waals surface area contributed by atoms with Crippen molar-refractivity contribution in [1.82, 2.24) is 14.5 Å². The number of nitrogens with one attached hydrogen (secondary N) is 1. The van der Waals surface area contributed by atoms with Crippen LogP contribution in [0.15, 0.2) is 35.5 Å². The molecule has 0 aliphatic heterocycles. The van der Waals surface area contributed by atoms with Crippen LogP contribution >= 0.6 is 34.8 Å². The molecule has 0 fully saturated rings. The van der Waals surface area contributed by atoms with E-state index < -0.39 is 10.0 Å². The number of rotatable bonds is 6. The Bertz CT molecular complexity index is 725. The van der Waals surface area contributed by atoms with E-state index in [-0.39, 0.29) is 32.4 Å². The summed E-state index contributed by atoms with van der Waals surface area (Å²) in [5, 5.41) is 4.34. The van der Waals surface area contributed by atoms with Crippen LogP contribution in [0.25, 0.3) is 0 Å². The Kier molecular flexibility index (Phi) is 5.74. The molecule has 0 radical (unpaired) electrons. The normalized spacial score (nSPS) is 13.3. The van der Waals surface area contributed by atoms with Gasteiger partial charge in [0.05, 0.1) is 10.0 Å². The van der Waals surface area contributed by atoms with Gasteiger partial charge in [0.25, 0.3) is 0 Å². The van der Waals surface area contributed by atoms with Crippen LogP contribution in [0.1, 0.15) is 6.92 Å². The van der Waals surface area contributed by atoms with Crippen molar-refractivity contribution in [1.29, 1.82) is 0 Å². The molecule has 1 heterocycles. The molecule has 0 aliphatic carbocycles. The Morgan fingerprint density at radius 2 is 1.91 bits per heavy atom. The van der Waals surface area contributed by atoms with Crippen LogP contribution < -0.4 is 4.72 Å². The maximum atomic E-state index is 12.3. The molecule has 2 rings (SSSR count). The second-order valence-corrected chi connectivity index (χ2v) is 7.84. The summed E-state index contributed by atoms with van der Waals surface area (Å²) in [7, 11) is -3.81. The highest BCUT2D eigenvalue weighted by Crippen LogP contribution is 2.32. The fourth-order valence-corrected chi connectivity index (χ4v) is 4.61. The van der Waals surface area contributed by atoms with Crippen molar-refractivity contribution in [2.45, 2.75) is 18.4 Å². The highest BCUT2D eigenvalue weighted by Gasteiger charge is 2.23. The molecule has 1 aromatic carbocycles. The minimum absolute atomic E-state index is 0.00951. The van der Waals surface area contributed by atoms with Crippen LogP contribution in [0, 0.1) is 5.92 Å². The number of sulfonamides is 1. The number of benzene rings is 1. The Morgan fingerprint density at radius 1 is 1.27 bits per heavy atom. The van der Waals surface area contributed by atoms with E-state index in [0.29, 0.717) is 6.54 Å². The lowest BCUT2D eigenvalue weighted by atomic mass is 10.2. The number of hydrogen-bond acceptors (Lipinski definition) is 3. The molecule has 1 atom stereocenters. The molecule has 120 valence electrons. The van der Waals surface area contributed by atoms with E-state index in [1.54, 1.807) is 10.9 Å². The first-order chi connectivity index (χ1) is 10.3. The van der Waals surface area contributed by atoms with Gasteiger partial charge in [-0.05, 0) is 24.1 Å². The molecule has 0 aliphatic rings. The SMILES string of the molecule is CC(CNS(=O)(=O)c1c(Cl)cc(Cl)cc1Cl)Cn1cccn1. The third kappa shape index (κ3) is 4.36. The van der Waals surface area contributed by atoms with E-state index in [0.717, 1.165) is 0 Å². The average molecular weight is 383 g/mol. The topological polar surface area (TPSA) is 64.0 Å². The van der Waals surface area contributed by atoms with Gasteiger partial charge < -0.3 is 0 Å². The molecule has 22 heavy (non-hydrogen) atoms. The summed E-state index contributed by atoms with van der Waals surface area (Å²) >= 11 is 17.7. The van der Waals surface area contributed by atoms with Gasteiger partial charge >= 0.3 is 0 Å². The van der Waals surface area contributed by atoms with E-state index in [1.807, 2.05) is 19.2 Å². The predicted octanol–water partition coefficient (Wildman–Crippen LogP) is 3.46. The molecule has 9 heteroatoms. The Labute approximate surface area is 144 Å². The highest BCUT2D eigenvalue weighted by atomic mass is 35.5. The van der Waals surface area contributed by atoms with Crippen molar-refractivity contribution in [3.63, 3.8) is 0 Å². The van der Waals surface area contributed by atoms with Gasteiger partial charge in [0, 0.05) is 30.5 Å². The second-order valence-electron chi connectivity index (χ2n) is 4.88. The molecule has 0 amide bonds. The van der Waals surface area contributed by atoms with E-state index >= 15 is 0 Å². The Hall–Kier alpha value is -0.790. The van der Waals surface area contributed by atoms with Crippen molar-refractivity contribution < 1.29 is 8.42 Å². The van der Waals surface area contributed by atoms with E-state index in [4.69, 9.17) is 34.8 Å². The molecule has 0 saturated heterocycles. The summed E-state index contributed by atoms with van der Waals surface area (Å²) in [4.78, 5) is -0.161. The van der Waals surface area contributed by atoms with E-state index in [1.165, 1.54) is 12.1 Å². The maximum absolute atomic E-state index is 12.3. The Morgan fingerprint density at radius 3 is 2.45 bits per heavy atom. The molecular weight excluding hydrogens is 369 g/mol. The van der Waals surface area contributed by atoms with Gasteiger partial charge in [0.2, 0.25) is 10.0 Å². The summed E-state index contributed by atoms with van der Waals surface area (Å²) < 4.78 is 28.9. The minimum Gasteiger partial charge on any atom is -0.272 e. The maximum Gasteiger partial charge on any atom is 0.243 e. The van der Waals surface area contributed by atoms with Crippen LogP contribution in [-0.2, 0) is 16.6 Å². The molecule has 5 nitrogen and oxygen atoms in total. The molecular formula is C13H14Cl3N3O2S. The molecule has 0 bridgehead atoms. The smallest absolute Gasteiger partial charge is 0.243 e. The van der Waals surface area contributed by atoms with Gasteiger partial charge in [-0.1, -0.05) is 41.7 Å². The van der Waals surface area contributed by atoms with Gasteiger partial charge in [-0.25, -0.2) is 13.1 Å². The first-order valence-electron chi connectivity index (χ1n) is 6.41. The van der Waals surface area contributed by atoms with Crippen molar-refractivity contribution in [3.8, 4) is 0 Å². The van der Waals surface area contributed by atoms with Crippen molar-refractivity contribution in [3.05, 3.63) is 45.7 Å². The summed E-state index contributed by atoms with van der Waals surface area (Å²) in [6.45, 7) is 2.74. The highest BCUT2D eigenvalue weighted by molar-refractivity contribution is 7.89. The van der Waals surface area contributed by atoms with Crippen molar-refractivity contribution in [2.75, 3.05) is 6.54 Å². The summed E-state index contributed by atoms with van der Waals surface area (Å²) in [6.07, 6.45) is 3.49. The van der Waals surface area contributed by atoms with Crippen molar-refractivity contribution >= 4 is 44.8 Å². The summed E-state index contributed by atoms with van der Waals surface area (Å²) in [6, 6.07) is 4.50. The van der Waals surface area contributed by atoms with Gasteiger partial charge in [-0.2, -0.15) is 5.10 Å². The third-order valence-electron chi connectivity index (χ3n) is 2.91. The fourth-order valence-electron chi connectivity index (χ4n) is 1.90. The molecule has 0 spiro atoms. The molecule has 1 aromatic heterocycles.